The highest BCUT2D eigenvalue weighted by molar-refractivity contribution is 7.89. The van der Waals surface area contributed by atoms with Gasteiger partial charge in [0, 0.05) is 54.9 Å². The van der Waals surface area contributed by atoms with Crippen molar-refractivity contribution in [3.63, 3.8) is 0 Å². The summed E-state index contributed by atoms with van der Waals surface area (Å²) in [5.41, 5.74) is 2.76. The number of amides is 3. The molecule has 10 nitrogen and oxygen atoms in total. The molecule has 3 heterocycles. The largest absolute Gasteiger partial charge is 0.493 e. The number of amidine groups is 1. The highest BCUT2D eigenvalue weighted by Crippen LogP contribution is 2.45. The molecule has 0 radical (unpaired) electrons. The Labute approximate surface area is 298 Å². The average molecular weight is 727 g/mol. The molecule has 6 rings (SSSR count). The summed E-state index contributed by atoms with van der Waals surface area (Å²) in [6.45, 7) is 6.12. The standard InChI is InChI=1S/C36H41Cl2N5O5S/c1-3-48-31-24-27(35(44)40-18-6-5-7-19-40)12-17-30(31)34-39-32(25-8-13-28(37)14-9-25)33(26-10-15-29(38)16-11-26)43(34)36(45)41-20-22-42(23-21-41)49(46,47)4-2/h8-17,24,32-33H,3-7,18-23H2,1-2H3/t32-,33+/m0/s1. The van der Waals surface area contributed by atoms with Crippen molar-refractivity contribution in [1.29, 1.82) is 0 Å². The molecule has 3 aromatic carbocycles. The number of ether oxygens (including phenoxy) is 1. The first kappa shape index (κ1) is 35.2. The maximum atomic E-state index is 14.8. The smallest absolute Gasteiger partial charge is 0.326 e. The minimum absolute atomic E-state index is 0.00174. The van der Waals surface area contributed by atoms with E-state index in [9.17, 15) is 18.0 Å². The zero-order valence-electron chi connectivity index (χ0n) is 27.7. The molecule has 2 saturated heterocycles. The number of hydrogen-bond acceptors (Lipinski definition) is 6. The summed E-state index contributed by atoms with van der Waals surface area (Å²) in [6.07, 6.45) is 3.07. The van der Waals surface area contributed by atoms with Gasteiger partial charge in [0.15, 0.2) is 0 Å². The molecule has 3 aromatic rings. The maximum Gasteiger partial charge on any atom is 0.326 e. The summed E-state index contributed by atoms with van der Waals surface area (Å²) >= 11 is 12.6. The molecular formula is C36H41Cl2N5O5S. The van der Waals surface area contributed by atoms with Crippen LogP contribution in [0.1, 0.15) is 72.2 Å². The van der Waals surface area contributed by atoms with Crippen molar-refractivity contribution in [3.05, 3.63) is 99.0 Å². The van der Waals surface area contributed by atoms with Gasteiger partial charge >= 0.3 is 6.03 Å². The highest BCUT2D eigenvalue weighted by atomic mass is 35.5. The number of likely N-dealkylation sites (tertiary alicyclic amines) is 1. The fourth-order valence-electron chi connectivity index (χ4n) is 6.74. The summed E-state index contributed by atoms with van der Waals surface area (Å²) in [4.78, 5) is 38.8. The van der Waals surface area contributed by atoms with E-state index in [0.29, 0.717) is 39.4 Å². The number of hydrogen-bond donors (Lipinski definition) is 0. The lowest BCUT2D eigenvalue weighted by molar-refractivity contribution is 0.0723. The fraction of sp³-hybridized carbons (Fsp3) is 0.417. The summed E-state index contributed by atoms with van der Waals surface area (Å²) in [5, 5.41) is 1.14. The molecule has 3 aliphatic rings. The second kappa shape index (κ2) is 15.1. The molecule has 2 atom stereocenters. The SMILES string of the molecule is CCOc1cc(C(=O)N2CCCCC2)ccc1C1=N[C@@H](c2ccc(Cl)cc2)[C@@H](c2ccc(Cl)cc2)N1C(=O)N1CCN(S(=O)(=O)CC)CC1. The molecule has 49 heavy (non-hydrogen) atoms. The van der Waals surface area contributed by atoms with E-state index in [0.717, 1.165) is 43.5 Å². The van der Waals surface area contributed by atoms with Crippen LogP contribution in [0.25, 0.3) is 0 Å². The topological polar surface area (TPSA) is 103 Å². The average Bonchev–Trinajstić information content (AvgIpc) is 3.52. The Morgan fingerprint density at radius 1 is 0.796 bits per heavy atom. The lowest BCUT2D eigenvalue weighted by Crippen LogP contribution is -2.55. The summed E-state index contributed by atoms with van der Waals surface area (Å²) < 4.78 is 32.8. The highest BCUT2D eigenvalue weighted by Gasteiger charge is 2.45. The Balaban J connectivity index is 1.45. The van der Waals surface area contributed by atoms with Crippen LogP contribution in [-0.2, 0) is 10.0 Å². The van der Waals surface area contributed by atoms with E-state index < -0.39 is 22.1 Å². The Bertz CT molecular complexity index is 1810. The number of aliphatic imine (C=N–C) groups is 1. The summed E-state index contributed by atoms with van der Waals surface area (Å²) in [5.74, 6) is 0.801. The number of carbonyl (C=O) groups is 2. The first-order valence-electron chi connectivity index (χ1n) is 16.8. The van der Waals surface area contributed by atoms with Crippen molar-refractivity contribution in [3.8, 4) is 5.75 Å². The predicted octanol–water partition coefficient (Wildman–Crippen LogP) is 6.65. The van der Waals surface area contributed by atoms with Gasteiger partial charge in [-0.2, -0.15) is 4.31 Å². The minimum Gasteiger partial charge on any atom is -0.493 e. The third-order valence-corrected chi connectivity index (χ3v) is 11.8. The van der Waals surface area contributed by atoms with Gasteiger partial charge in [-0.05, 0) is 86.7 Å². The molecule has 13 heteroatoms. The number of sulfonamides is 1. The van der Waals surface area contributed by atoms with Gasteiger partial charge in [-0.25, -0.2) is 13.2 Å². The van der Waals surface area contributed by atoms with Crippen molar-refractivity contribution in [1.82, 2.24) is 19.0 Å². The van der Waals surface area contributed by atoms with E-state index in [1.165, 1.54) is 4.31 Å². The second-order valence-electron chi connectivity index (χ2n) is 12.4. The van der Waals surface area contributed by atoms with Gasteiger partial charge in [0.05, 0.1) is 24.0 Å². The molecule has 260 valence electrons. The third kappa shape index (κ3) is 7.45. The summed E-state index contributed by atoms with van der Waals surface area (Å²) in [6, 6.07) is 18.7. The van der Waals surface area contributed by atoms with Crippen molar-refractivity contribution >= 4 is 51.0 Å². The van der Waals surface area contributed by atoms with Crippen LogP contribution in [0.4, 0.5) is 4.79 Å². The Hall–Kier alpha value is -3.64. The van der Waals surface area contributed by atoms with Crippen LogP contribution in [0, 0.1) is 0 Å². The van der Waals surface area contributed by atoms with E-state index in [1.807, 2.05) is 42.2 Å². The number of nitrogens with zero attached hydrogens (tertiary/aromatic N) is 5. The number of piperidine rings is 1. The molecule has 0 saturated carbocycles. The number of piperazine rings is 1. The van der Waals surface area contributed by atoms with Gasteiger partial charge < -0.3 is 14.5 Å². The lowest BCUT2D eigenvalue weighted by atomic mass is 9.93. The zero-order chi connectivity index (χ0) is 34.7. The van der Waals surface area contributed by atoms with E-state index in [4.69, 9.17) is 32.9 Å². The first-order chi connectivity index (χ1) is 23.6. The monoisotopic (exact) mass is 725 g/mol. The van der Waals surface area contributed by atoms with Gasteiger partial charge in [0.25, 0.3) is 5.91 Å². The van der Waals surface area contributed by atoms with E-state index in [2.05, 4.69) is 0 Å². The zero-order valence-corrected chi connectivity index (χ0v) is 30.1. The molecule has 0 aliphatic carbocycles. The predicted molar refractivity (Wildman–Crippen MR) is 192 cm³/mol. The van der Waals surface area contributed by atoms with Crippen LogP contribution in [0.15, 0.2) is 71.7 Å². The van der Waals surface area contributed by atoms with Crippen LogP contribution in [-0.4, -0.2) is 96.8 Å². The third-order valence-electron chi connectivity index (χ3n) is 9.38. The Morgan fingerprint density at radius 3 is 2.00 bits per heavy atom. The lowest BCUT2D eigenvalue weighted by Gasteiger charge is -2.38. The van der Waals surface area contributed by atoms with Crippen molar-refractivity contribution in [2.45, 2.75) is 45.2 Å². The van der Waals surface area contributed by atoms with Crippen LogP contribution >= 0.6 is 23.2 Å². The van der Waals surface area contributed by atoms with Gasteiger partial charge in [-0.15, -0.1) is 0 Å². The minimum atomic E-state index is -3.39. The molecule has 3 aliphatic heterocycles. The van der Waals surface area contributed by atoms with Crippen molar-refractivity contribution in [2.75, 3.05) is 51.6 Å². The number of carbonyl (C=O) groups excluding carboxylic acids is 2. The van der Waals surface area contributed by atoms with Crippen LogP contribution < -0.4 is 4.74 Å². The van der Waals surface area contributed by atoms with E-state index in [-0.39, 0.29) is 43.9 Å². The molecule has 2 fully saturated rings. The molecule has 0 N–H and O–H groups in total. The molecule has 0 spiro atoms. The second-order valence-corrected chi connectivity index (χ2v) is 15.5. The molecule has 0 aromatic heterocycles. The Kier molecular flexibility index (Phi) is 10.8. The first-order valence-corrected chi connectivity index (χ1v) is 19.2. The quantitative estimate of drug-likeness (QED) is 0.259. The van der Waals surface area contributed by atoms with E-state index >= 15 is 0 Å². The van der Waals surface area contributed by atoms with Gasteiger partial charge in [-0.1, -0.05) is 47.5 Å². The van der Waals surface area contributed by atoms with Crippen molar-refractivity contribution < 1.29 is 22.7 Å². The number of benzene rings is 3. The molecule has 0 bridgehead atoms. The van der Waals surface area contributed by atoms with Gasteiger partial charge in [0.1, 0.15) is 17.6 Å². The molecular weight excluding hydrogens is 685 g/mol. The normalized spacial score (nSPS) is 20.3. The molecule has 0 unspecified atom stereocenters. The fourth-order valence-corrected chi connectivity index (χ4v) is 8.08. The van der Waals surface area contributed by atoms with Crippen LogP contribution in [0.3, 0.4) is 0 Å². The van der Waals surface area contributed by atoms with Gasteiger partial charge in [-0.3, -0.25) is 14.7 Å². The molecule has 3 amide bonds. The van der Waals surface area contributed by atoms with Crippen molar-refractivity contribution in [2.24, 2.45) is 4.99 Å². The number of halogens is 2. The number of rotatable bonds is 8. The van der Waals surface area contributed by atoms with Gasteiger partial charge in [0.2, 0.25) is 10.0 Å². The number of urea groups is 1. The summed E-state index contributed by atoms with van der Waals surface area (Å²) in [7, 11) is -3.39. The van der Waals surface area contributed by atoms with Crippen LogP contribution in [0.2, 0.25) is 10.0 Å². The van der Waals surface area contributed by atoms with E-state index in [1.54, 1.807) is 53.1 Å². The maximum absolute atomic E-state index is 14.8. The Morgan fingerprint density at radius 2 is 1.41 bits per heavy atom. The van der Waals surface area contributed by atoms with Crippen LogP contribution in [0.5, 0.6) is 5.75 Å².